The van der Waals surface area contributed by atoms with Gasteiger partial charge in [-0.2, -0.15) is 0 Å². The van der Waals surface area contributed by atoms with Crippen molar-refractivity contribution in [1.82, 2.24) is 4.90 Å². The molecule has 5 heteroatoms. The van der Waals surface area contributed by atoms with E-state index in [-0.39, 0.29) is 23.8 Å². The summed E-state index contributed by atoms with van der Waals surface area (Å²) >= 11 is 0. The first-order valence-corrected chi connectivity index (χ1v) is 9.06. The largest absolute Gasteiger partial charge is 0.374 e. The fourth-order valence-electron chi connectivity index (χ4n) is 7.40. The summed E-state index contributed by atoms with van der Waals surface area (Å²) in [4.78, 5) is 27.9. The van der Waals surface area contributed by atoms with Gasteiger partial charge in [-0.15, -0.1) is 0 Å². The minimum absolute atomic E-state index is 0.0647. The molecule has 7 unspecified atom stereocenters. The molecule has 0 aromatic carbocycles. The number of ketones is 1. The molecule has 4 saturated heterocycles. The Morgan fingerprint density at radius 2 is 2.26 bits per heavy atom. The highest BCUT2D eigenvalue weighted by Gasteiger charge is 2.78. The predicted molar refractivity (Wildman–Crippen MR) is 81.3 cm³/mol. The molecule has 1 aliphatic carbocycles. The number of carbonyl (C=O) groups is 2. The highest BCUT2D eigenvalue weighted by Crippen LogP contribution is 2.64. The van der Waals surface area contributed by atoms with E-state index >= 15 is 0 Å². The summed E-state index contributed by atoms with van der Waals surface area (Å²) in [5.74, 6) is 0.613. The number of hydrogen-bond donors (Lipinski definition) is 0. The van der Waals surface area contributed by atoms with Crippen LogP contribution in [0.5, 0.6) is 0 Å². The van der Waals surface area contributed by atoms with Crippen molar-refractivity contribution in [3.8, 4) is 0 Å². The Labute approximate surface area is 135 Å². The minimum Gasteiger partial charge on any atom is -0.374 e. The molecular formula is C18H23N2O3+. The maximum absolute atomic E-state index is 13.1. The summed E-state index contributed by atoms with van der Waals surface area (Å²) in [6, 6.07) is 0.441. The number of amides is 1. The molecule has 0 aromatic heterocycles. The fourth-order valence-corrected chi connectivity index (χ4v) is 7.40. The third-order valence-corrected chi connectivity index (χ3v) is 8.19. The molecule has 1 amide bonds. The quantitative estimate of drug-likeness (QED) is 0.368. The van der Waals surface area contributed by atoms with Crippen LogP contribution in [0.1, 0.15) is 19.3 Å². The van der Waals surface area contributed by atoms with Gasteiger partial charge >= 0.3 is 0 Å². The monoisotopic (exact) mass is 315 g/mol. The molecule has 122 valence electrons. The van der Waals surface area contributed by atoms with Crippen LogP contribution < -0.4 is 0 Å². The van der Waals surface area contributed by atoms with E-state index in [9.17, 15) is 9.59 Å². The zero-order valence-corrected chi connectivity index (χ0v) is 13.5. The summed E-state index contributed by atoms with van der Waals surface area (Å²) in [6.45, 7) is 3.50. The third kappa shape index (κ3) is 1.21. The Kier molecular flexibility index (Phi) is 2.13. The number of rotatable bonds is 0. The summed E-state index contributed by atoms with van der Waals surface area (Å²) in [6.07, 6.45) is 5.41. The number of hydrogen-bond acceptors (Lipinski definition) is 3. The first-order valence-electron chi connectivity index (χ1n) is 9.06. The van der Waals surface area contributed by atoms with Gasteiger partial charge in [-0.1, -0.05) is 6.08 Å². The number of likely N-dealkylation sites (N-methyl/N-ethyl adjacent to an activating group) is 1. The first-order chi connectivity index (χ1) is 11.1. The van der Waals surface area contributed by atoms with Crippen molar-refractivity contribution in [2.45, 2.75) is 37.5 Å². The van der Waals surface area contributed by atoms with Crippen LogP contribution in [0.25, 0.3) is 0 Å². The lowest BCUT2D eigenvalue weighted by molar-refractivity contribution is -0.925. The maximum atomic E-state index is 13.1. The molecule has 5 nitrogen and oxygen atoms in total. The second-order valence-electron chi connectivity index (χ2n) is 8.80. The van der Waals surface area contributed by atoms with Crippen molar-refractivity contribution in [3.05, 3.63) is 11.6 Å². The summed E-state index contributed by atoms with van der Waals surface area (Å²) in [5.41, 5.74) is 1.13. The van der Waals surface area contributed by atoms with Gasteiger partial charge in [0.25, 0.3) is 5.91 Å². The van der Waals surface area contributed by atoms with Crippen LogP contribution in [0.3, 0.4) is 0 Å². The molecule has 1 saturated carbocycles. The lowest BCUT2D eigenvalue weighted by atomic mass is 9.54. The molecule has 5 heterocycles. The topological polar surface area (TPSA) is 46.6 Å². The Balaban J connectivity index is 1.64. The van der Waals surface area contributed by atoms with Gasteiger partial charge in [-0.3, -0.25) is 9.59 Å². The summed E-state index contributed by atoms with van der Waals surface area (Å²) in [5, 5.41) is 0. The zero-order valence-electron chi connectivity index (χ0n) is 13.5. The van der Waals surface area contributed by atoms with Crippen molar-refractivity contribution >= 4 is 11.7 Å². The molecule has 0 aromatic rings. The van der Waals surface area contributed by atoms with E-state index in [2.05, 4.69) is 13.1 Å². The average Bonchev–Trinajstić information content (AvgIpc) is 2.89. The van der Waals surface area contributed by atoms with Gasteiger partial charge in [0.15, 0.2) is 0 Å². The van der Waals surface area contributed by atoms with E-state index in [1.54, 1.807) is 5.57 Å². The van der Waals surface area contributed by atoms with Crippen LogP contribution in [-0.4, -0.2) is 72.5 Å². The highest BCUT2D eigenvalue weighted by molar-refractivity contribution is 6.40. The second-order valence-corrected chi connectivity index (χ2v) is 8.80. The molecule has 5 aliphatic heterocycles. The van der Waals surface area contributed by atoms with Gasteiger partial charge in [0, 0.05) is 25.3 Å². The number of ether oxygens (including phenoxy) is 1. The Bertz CT molecular complexity index is 688. The van der Waals surface area contributed by atoms with Crippen LogP contribution in [0, 0.1) is 17.3 Å². The van der Waals surface area contributed by atoms with E-state index in [4.69, 9.17) is 4.74 Å². The van der Waals surface area contributed by atoms with E-state index in [1.807, 2.05) is 4.90 Å². The van der Waals surface area contributed by atoms with Crippen molar-refractivity contribution in [2.24, 2.45) is 17.3 Å². The van der Waals surface area contributed by atoms with E-state index in [0.29, 0.717) is 31.0 Å². The van der Waals surface area contributed by atoms with Crippen LogP contribution in [0.2, 0.25) is 0 Å². The summed E-state index contributed by atoms with van der Waals surface area (Å²) in [7, 11) is 2.31. The minimum atomic E-state index is -0.412. The van der Waals surface area contributed by atoms with Gasteiger partial charge in [-0.05, 0) is 17.9 Å². The molecule has 1 spiro atoms. The Morgan fingerprint density at radius 3 is 3.13 bits per heavy atom. The molecular weight excluding hydrogens is 292 g/mol. The SMILES string of the molecule is C[N+]12CCC34C(=O)C(=O)N5CCC6OCC=C(C1)C(CC32)C6C54. The molecule has 2 bridgehead atoms. The third-order valence-electron chi connectivity index (χ3n) is 8.19. The lowest BCUT2D eigenvalue weighted by Crippen LogP contribution is -2.70. The number of nitrogens with zero attached hydrogens (tertiary/aromatic N) is 2. The lowest BCUT2D eigenvalue weighted by Gasteiger charge is -2.58. The van der Waals surface area contributed by atoms with Crippen molar-refractivity contribution in [2.75, 3.05) is 33.3 Å². The van der Waals surface area contributed by atoms with Gasteiger partial charge in [-0.25, -0.2) is 0 Å². The van der Waals surface area contributed by atoms with Gasteiger partial charge in [0.2, 0.25) is 5.78 Å². The van der Waals surface area contributed by atoms with Crippen LogP contribution in [0.4, 0.5) is 0 Å². The number of piperidine rings is 2. The van der Waals surface area contributed by atoms with Crippen molar-refractivity contribution in [3.63, 3.8) is 0 Å². The van der Waals surface area contributed by atoms with E-state index < -0.39 is 5.41 Å². The molecule has 23 heavy (non-hydrogen) atoms. The smallest absolute Gasteiger partial charge is 0.291 e. The van der Waals surface area contributed by atoms with Crippen LogP contribution in [0.15, 0.2) is 11.6 Å². The Hall–Kier alpha value is -1.20. The summed E-state index contributed by atoms with van der Waals surface area (Å²) < 4.78 is 7.15. The highest BCUT2D eigenvalue weighted by atomic mass is 16.5. The molecule has 6 aliphatic rings. The van der Waals surface area contributed by atoms with E-state index in [0.717, 1.165) is 36.8 Å². The molecule has 7 atom stereocenters. The normalized spacial score (nSPS) is 55.8. The molecule has 0 radical (unpaired) electrons. The number of quaternary nitrogens is 1. The van der Waals surface area contributed by atoms with E-state index in [1.165, 1.54) is 0 Å². The average molecular weight is 315 g/mol. The predicted octanol–water partition coefficient (Wildman–Crippen LogP) is 0.350. The van der Waals surface area contributed by atoms with Crippen molar-refractivity contribution in [1.29, 1.82) is 0 Å². The van der Waals surface area contributed by atoms with Gasteiger partial charge in [0.1, 0.15) is 18.0 Å². The van der Waals surface area contributed by atoms with Crippen LogP contribution >= 0.6 is 0 Å². The molecule has 6 rings (SSSR count). The molecule has 5 fully saturated rings. The standard InChI is InChI=1S/C18H23N2O3/c1-20-6-4-18-13(20)8-11-10(9-20)3-7-23-12-2-5-19(15(18)14(11)12)17(22)16(18)21/h3,11-15H,2,4-9H2,1H3/q+1. The maximum Gasteiger partial charge on any atom is 0.291 e. The fraction of sp³-hybridized carbons (Fsp3) is 0.778. The molecule has 0 N–H and O–H groups in total. The first kappa shape index (κ1) is 13.1. The van der Waals surface area contributed by atoms with Gasteiger partial charge < -0.3 is 14.1 Å². The number of Topliss-reactive ketones (excluding diaryl/α,β-unsaturated/α-hetero) is 1. The van der Waals surface area contributed by atoms with Gasteiger partial charge in [0.05, 0.1) is 32.3 Å². The number of carbonyl (C=O) groups excluding carboxylic acids is 2. The van der Waals surface area contributed by atoms with Crippen LogP contribution in [-0.2, 0) is 14.3 Å². The Morgan fingerprint density at radius 1 is 1.39 bits per heavy atom. The zero-order chi connectivity index (χ0) is 15.6. The second kappa shape index (κ2) is 3.72. The van der Waals surface area contributed by atoms with Crippen molar-refractivity contribution < 1.29 is 18.8 Å².